The molecule has 0 aliphatic carbocycles. The number of hydrogen-bond donors (Lipinski definition) is 2. The normalized spacial score (nSPS) is 10.7. The second kappa shape index (κ2) is 15.4. The number of hydrogen-bond acceptors (Lipinski definition) is 5. The Kier molecular flexibility index (Phi) is 13.4. The number of para-hydroxylation sites is 1. The van der Waals surface area contributed by atoms with Gasteiger partial charge in [-0.15, -0.1) is 24.0 Å². The van der Waals surface area contributed by atoms with Gasteiger partial charge in [-0.2, -0.15) is 0 Å². The smallest absolute Gasteiger partial charge is 0.191 e. The Morgan fingerprint density at radius 2 is 1.69 bits per heavy atom. The van der Waals surface area contributed by atoms with Crippen LogP contribution in [0, 0.1) is 0 Å². The molecule has 2 rings (SSSR count). The zero-order valence-corrected chi connectivity index (χ0v) is 22.0. The van der Waals surface area contributed by atoms with Gasteiger partial charge in [-0.05, 0) is 50.5 Å². The van der Waals surface area contributed by atoms with E-state index in [9.17, 15) is 0 Å². The van der Waals surface area contributed by atoms with Crippen LogP contribution in [0.25, 0.3) is 0 Å². The van der Waals surface area contributed by atoms with Gasteiger partial charge in [0.2, 0.25) is 0 Å². The third-order valence-corrected chi connectivity index (χ3v) is 4.70. The van der Waals surface area contributed by atoms with Gasteiger partial charge in [0.05, 0.1) is 34.5 Å². The zero-order chi connectivity index (χ0) is 22.5. The van der Waals surface area contributed by atoms with Crippen molar-refractivity contribution in [2.75, 3.05) is 41.0 Å². The standard InChI is InChI=1S/C24H35N3O4.HI/c1-6-25-24(27-17-19-11-8-12-21(29-4)23(19)30-5)26-15-9-10-18-13-14-20(28-3)22(16-18)31-7-2;/h8,11-14,16H,6-7,9-10,15,17H2,1-5H3,(H2,25,26,27);1H. The lowest BCUT2D eigenvalue weighted by atomic mass is 10.1. The van der Waals surface area contributed by atoms with E-state index < -0.39 is 0 Å². The first-order valence-corrected chi connectivity index (χ1v) is 10.7. The van der Waals surface area contributed by atoms with Crippen LogP contribution in [0.15, 0.2) is 41.4 Å². The fourth-order valence-corrected chi connectivity index (χ4v) is 3.23. The summed E-state index contributed by atoms with van der Waals surface area (Å²) in [7, 11) is 4.94. The van der Waals surface area contributed by atoms with Crippen molar-refractivity contribution in [2.45, 2.75) is 33.2 Å². The molecule has 2 aromatic rings. The van der Waals surface area contributed by atoms with E-state index in [0.29, 0.717) is 24.7 Å². The van der Waals surface area contributed by atoms with Crippen molar-refractivity contribution in [1.29, 1.82) is 0 Å². The molecule has 0 aliphatic rings. The third-order valence-electron chi connectivity index (χ3n) is 4.70. The highest BCUT2D eigenvalue weighted by Crippen LogP contribution is 2.31. The average Bonchev–Trinajstić information content (AvgIpc) is 2.80. The van der Waals surface area contributed by atoms with E-state index in [1.54, 1.807) is 21.3 Å². The maximum absolute atomic E-state index is 5.67. The highest BCUT2D eigenvalue weighted by molar-refractivity contribution is 14.0. The summed E-state index contributed by atoms with van der Waals surface area (Å²) in [6, 6.07) is 11.9. The monoisotopic (exact) mass is 557 g/mol. The van der Waals surface area contributed by atoms with Crippen molar-refractivity contribution >= 4 is 29.9 Å². The van der Waals surface area contributed by atoms with Crippen LogP contribution < -0.4 is 29.6 Å². The van der Waals surface area contributed by atoms with Gasteiger partial charge < -0.3 is 29.6 Å². The van der Waals surface area contributed by atoms with Crippen LogP contribution in [-0.4, -0.2) is 47.0 Å². The van der Waals surface area contributed by atoms with Crippen molar-refractivity contribution in [3.63, 3.8) is 0 Å². The minimum absolute atomic E-state index is 0. The molecule has 32 heavy (non-hydrogen) atoms. The molecular formula is C24H36IN3O4. The first kappa shape index (κ1) is 27.7. The summed E-state index contributed by atoms with van der Waals surface area (Å²) in [4.78, 5) is 4.70. The number of halogens is 1. The van der Waals surface area contributed by atoms with E-state index in [1.807, 2.05) is 31.2 Å². The number of rotatable bonds is 12. The molecule has 0 aromatic heterocycles. The van der Waals surface area contributed by atoms with Crippen LogP contribution in [0.2, 0.25) is 0 Å². The maximum Gasteiger partial charge on any atom is 0.191 e. The van der Waals surface area contributed by atoms with E-state index in [-0.39, 0.29) is 24.0 Å². The van der Waals surface area contributed by atoms with Crippen LogP contribution >= 0.6 is 24.0 Å². The minimum Gasteiger partial charge on any atom is -0.493 e. The van der Waals surface area contributed by atoms with Gasteiger partial charge in [0.1, 0.15) is 0 Å². The molecule has 178 valence electrons. The number of ether oxygens (including phenoxy) is 4. The van der Waals surface area contributed by atoms with Crippen LogP contribution in [0.4, 0.5) is 0 Å². The SMILES string of the molecule is CCNC(=NCc1cccc(OC)c1OC)NCCCc1ccc(OC)c(OCC)c1.I. The summed E-state index contributed by atoms with van der Waals surface area (Å²) in [6.07, 6.45) is 1.89. The molecule has 0 saturated carbocycles. The topological polar surface area (TPSA) is 73.3 Å². The molecule has 7 nitrogen and oxygen atoms in total. The van der Waals surface area contributed by atoms with Crippen LogP contribution in [0.3, 0.4) is 0 Å². The van der Waals surface area contributed by atoms with Gasteiger partial charge in [0, 0.05) is 18.7 Å². The van der Waals surface area contributed by atoms with Crippen molar-refractivity contribution < 1.29 is 18.9 Å². The quantitative estimate of drug-likeness (QED) is 0.174. The number of aliphatic imine (C=N–C) groups is 1. The van der Waals surface area contributed by atoms with E-state index in [1.165, 1.54) is 5.56 Å². The first-order chi connectivity index (χ1) is 15.2. The summed E-state index contributed by atoms with van der Waals surface area (Å²) in [6.45, 7) is 6.72. The van der Waals surface area contributed by atoms with E-state index >= 15 is 0 Å². The van der Waals surface area contributed by atoms with E-state index in [2.05, 4.69) is 29.7 Å². The zero-order valence-electron chi connectivity index (χ0n) is 19.7. The molecule has 0 atom stereocenters. The van der Waals surface area contributed by atoms with Crippen molar-refractivity contribution in [2.24, 2.45) is 4.99 Å². The van der Waals surface area contributed by atoms with Crippen molar-refractivity contribution in [3.05, 3.63) is 47.5 Å². The van der Waals surface area contributed by atoms with Crippen molar-refractivity contribution in [1.82, 2.24) is 10.6 Å². The van der Waals surface area contributed by atoms with Gasteiger partial charge in [-0.1, -0.05) is 18.2 Å². The summed E-state index contributed by atoms with van der Waals surface area (Å²) < 4.78 is 21.9. The largest absolute Gasteiger partial charge is 0.493 e. The second-order valence-electron chi connectivity index (χ2n) is 6.80. The molecule has 0 unspecified atom stereocenters. The molecular weight excluding hydrogens is 521 g/mol. The molecule has 0 heterocycles. The Bertz CT molecular complexity index is 846. The third kappa shape index (κ3) is 8.29. The summed E-state index contributed by atoms with van der Waals surface area (Å²) in [5.74, 6) is 3.75. The molecule has 0 bridgehead atoms. The van der Waals surface area contributed by atoms with Gasteiger partial charge in [-0.3, -0.25) is 0 Å². The number of guanidine groups is 1. The molecule has 0 fully saturated rings. The predicted molar refractivity (Wildman–Crippen MR) is 140 cm³/mol. The second-order valence-corrected chi connectivity index (χ2v) is 6.80. The number of benzene rings is 2. The molecule has 0 saturated heterocycles. The van der Waals surface area contributed by atoms with Gasteiger partial charge >= 0.3 is 0 Å². The lowest BCUT2D eigenvalue weighted by Gasteiger charge is -2.14. The Morgan fingerprint density at radius 3 is 2.34 bits per heavy atom. The number of aryl methyl sites for hydroxylation is 1. The Labute approximate surface area is 208 Å². The van der Waals surface area contributed by atoms with Crippen LogP contribution in [0.5, 0.6) is 23.0 Å². The molecule has 0 amide bonds. The minimum atomic E-state index is 0. The summed E-state index contributed by atoms with van der Waals surface area (Å²) in [5, 5.41) is 6.69. The predicted octanol–water partition coefficient (Wildman–Crippen LogP) is 4.42. The summed E-state index contributed by atoms with van der Waals surface area (Å²) in [5.41, 5.74) is 2.19. The lowest BCUT2D eigenvalue weighted by Crippen LogP contribution is -2.37. The fourth-order valence-electron chi connectivity index (χ4n) is 3.23. The highest BCUT2D eigenvalue weighted by Gasteiger charge is 2.09. The van der Waals surface area contributed by atoms with Gasteiger partial charge in [-0.25, -0.2) is 4.99 Å². The number of methoxy groups -OCH3 is 3. The lowest BCUT2D eigenvalue weighted by molar-refractivity contribution is 0.310. The highest BCUT2D eigenvalue weighted by atomic mass is 127. The van der Waals surface area contributed by atoms with Crippen molar-refractivity contribution in [3.8, 4) is 23.0 Å². The van der Waals surface area contributed by atoms with Gasteiger partial charge in [0.15, 0.2) is 29.0 Å². The molecule has 2 N–H and O–H groups in total. The molecule has 8 heteroatoms. The summed E-state index contributed by atoms with van der Waals surface area (Å²) >= 11 is 0. The molecule has 0 spiro atoms. The average molecular weight is 557 g/mol. The van der Waals surface area contributed by atoms with Gasteiger partial charge in [0.25, 0.3) is 0 Å². The molecule has 2 aromatic carbocycles. The van der Waals surface area contributed by atoms with E-state index in [4.69, 9.17) is 23.9 Å². The number of nitrogens with one attached hydrogen (secondary N) is 2. The molecule has 0 aliphatic heterocycles. The Balaban J connectivity index is 0.00000512. The Morgan fingerprint density at radius 1 is 0.906 bits per heavy atom. The van der Waals surface area contributed by atoms with E-state index in [0.717, 1.165) is 49.0 Å². The maximum atomic E-state index is 5.67. The molecule has 0 radical (unpaired) electrons. The Hall–Kier alpha value is -2.36. The van der Waals surface area contributed by atoms with Crippen LogP contribution in [-0.2, 0) is 13.0 Å². The first-order valence-electron chi connectivity index (χ1n) is 10.7. The number of nitrogens with zero attached hydrogens (tertiary/aromatic N) is 1. The fraction of sp³-hybridized carbons (Fsp3) is 0.458. The van der Waals surface area contributed by atoms with Crippen LogP contribution in [0.1, 0.15) is 31.4 Å².